The van der Waals surface area contributed by atoms with Gasteiger partial charge in [0, 0.05) is 6.54 Å². The van der Waals surface area contributed by atoms with Crippen molar-refractivity contribution in [1.82, 2.24) is 13.6 Å². The molecular formula is C31H35N3O5S. The molecule has 1 saturated heterocycles. The summed E-state index contributed by atoms with van der Waals surface area (Å²) in [5, 5.41) is 0. The molecule has 0 spiro atoms. The smallest absolute Gasteiger partial charge is 0.410 e. The number of hydrogen-bond donors (Lipinski definition) is 0. The molecule has 9 heteroatoms. The van der Waals surface area contributed by atoms with Crippen molar-refractivity contribution in [2.24, 2.45) is 17.8 Å². The van der Waals surface area contributed by atoms with Gasteiger partial charge in [0.05, 0.1) is 25.4 Å². The number of carbonyl (C=O) groups excluding carboxylic acids is 2. The van der Waals surface area contributed by atoms with Crippen LogP contribution in [0, 0.1) is 17.8 Å². The molecule has 2 aliphatic rings. The van der Waals surface area contributed by atoms with Crippen molar-refractivity contribution in [3.63, 3.8) is 0 Å². The van der Waals surface area contributed by atoms with Crippen LogP contribution in [0.3, 0.4) is 0 Å². The first-order chi connectivity index (χ1) is 19.6. The van der Waals surface area contributed by atoms with Gasteiger partial charge in [0.2, 0.25) is 0 Å². The van der Waals surface area contributed by atoms with E-state index in [1.165, 1.54) is 7.11 Å². The fraction of sp³-hybridized carbons (Fsp3) is 0.419. The highest BCUT2D eigenvalue weighted by atomic mass is 32.1. The fourth-order valence-corrected chi connectivity index (χ4v) is 6.41. The van der Waals surface area contributed by atoms with Gasteiger partial charge in [-0.25, -0.2) is 9.59 Å². The zero-order valence-electron chi connectivity index (χ0n) is 22.8. The number of fused-ring (bicyclic) bond motifs is 1. The predicted octanol–water partition coefficient (Wildman–Crippen LogP) is 6.16. The Balaban J connectivity index is 1.28. The van der Waals surface area contributed by atoms with Gasteiger partial charge < -0.3 is 14.2 Å². The molecule has 40 heavy (non-hydrogen) atoms. The van der Waals surface area contributed by atoms with Crippen LogP contribution in [0.15, 0.2) is 66.7 Å². The molecule has 0 radical (unpaired) electrons. The Morgan fingerprint density at radius 2 is 1.70 bits per heavy atom. The second kappa shape index (κ2) is 13.1. The molecule has 1 aromatic heterocycles. The van der Waals surface area contributed by atoms with Crippen LogP contribution in [0.25, 0.3) is 6.08 Å². The van der Waals surface area contributed by atoms with Crippen molar-refractivity contribution in [3.8, 4) is 5.88 Å². The summed E-state index contributed by atoms with van der Waals surface area (Å²) in [6.45, 7) is 2.58. The maximum atomic E-state index is 12.7. The zero-order chi connectivity index (χ0) is 27.9. The number of carbonyl (C=O) groups is 2. The average Bonchev–Trinajstić information content (AvgIpc) is 3.45. The average molecular weight is 562 g/mol. The molecule has 2 aromatic carbocycles. The summed E-state index contributed by atoms with van der Waals surface area (Å²) in [4.78, 5) is 26.6. The number of likely N-dealkylation sites (tertiary alicyclic amines) is 1. The van der Waals surface area contributed by atoms with E-state index in [0.717, 1.165) is 42.1 Å². The zero-order valence-corrected chi connectivity index (χ0v) is 23.7. The number of amides is 1. The minimum Gasteiger partial charge on any atom is -0.464 e. The Bertz CT molecular complexity index is 1260. The molecule has 210 valence electrons. The summed E-state index contributed by atoms with van der Waals surface area (Å²) in [5.74, 6) is 1.16. The van der Waals surface area contributed by atoms with E-state index in [1.54, 1.807) is 11.8 Å². The molecule has 4 unspecified atom stereocenters. The largest absolute Gasteiger partial charge is 0.464 e. The fourth-order valence-electron chi connectivity index (χ4n) is 5.94. The normalized spacial score (nSPS) is 22.6. The summed E-state index contributed by atoms with van der Waals surface area (Å²) in [7, 11) is 1.35. The minimum atomic E-state index is -0.605. The van der Waals surface area contributed by atoms with Crippen LogP contribution in [0.5, 0.6) is 5.88 Å². The molecular weight excluding hydrogens is 526 g/mol. The first-order valence-electron chi connectivity index (χ1n) is 13.9. The van der Waals surface area contributed by atoms with Crippen molar-refractivity contribution >= 4 is 29.9 Å². The van der Waals surface area contributed by atoms with E-state index in [1.807, 2.05) is 42.5 Å². The molecule has 1 amide bonds. The molecule has 0 bridgehead atoms. The Hall–Kier alpha value is -3.72. The number of methoxy groups -OCH3 is 1. The van der Waals surface area contributed by atoms with Crippen LogP contribution in [-0.2, 0) is 14.3 Å². The van der Waals surface area contributed by atoms with Crippen molar-refractivity contribution in [3.05, 3.63) is 83.6 Å². The number of nitrogens with zero attached hydrogens (tertiary/aromatic N) is 3. The Kier molecular flexibility index (Phi) is 9.11. The summed E-state index contributed by atoms with van der Waals surface area (Å²) in [6.07, 6.45) is 6.96. The molecule has 4 atom stereocenters. The topological polar surface area (TPSA) is 90.9 Å². The van der Waals surface area contributed by atoms with Crippen LogP contribution < -0.4 is 4.74 Å². The van der Waals surface area contributed by atoms with Crippen molar-refractivity contribution in [2.75, 3.05) is 20.3 Å². The van der Waals surface area contributed by atoms with Crippen molar-refractivity contribution in [2.45, 2.75) is 44.8 Å². The third-order valence-corrected chi connectivity index (χ3v) is 8.45. The number of aromatic nitrogens is 2. The van der Waals surface area contributed by atoms with Gasteiger partial charge in [-0.1, -0.05) is 66.7 Å². The quantitative estimate of drug-likeness (QED) is 0.304. The van der Waals surface area contributed by atoms with Gasteiger partial charge in [-0.15, -0.1) is 4.37 Å². The Labute approximate surface area is 239 Å². The molecule has 1 saturated carbocycles. The number of rotatable bonds is 8. The van der Waals surface area contributed by atoms with E-state index >= 15 is 0 Å². The molecule has 1 aliphatic heterocycles. The first-order valence-corrected chi connectivity index (χ1v) is 14.6. The van der Waals surface area contributed by atoms with Crippen LogP contribution in [0.1, 0.15) is 55.5 Å². The van der Waals surface area contributed by atoms with Gasteiger partial charge in [-0.2, -0.15) is 4.37 Å². The first kappa shape index (κ1) is 27.8. The minimum absolute atomic E-state index is 0.283. The number of allylic oxidation sites excluding steroid dienone is 1. The number of piperidine rings is 1. The van der Waals surface area contributed by atoms with Gasteiger partial charge in [0.25, 0.3) is 5.88 Å². The second-order valence-corrected chi connectivity index (χ2v) is 10.9. The summed E-state index contributed by atoms with van der Waals surface area (Å²) >= 11 is 1.14. The molecule has 5 rings (SSSR count). The summed E-state index contributed by atoms with van der Waals surface area (Å²) in [6, 6.07) is 19.6. The van der Waals surface area contributed by atoms with Gasteiger partial charge in [0.15, 0.2) is 6.10 Å². The van der Waals surface area contributed by atoms with E-state index in [-0.39, 0.29) is 18.7 Å². The van der Waals surface area contributed by atoms with Gasteiger partial charge in [-0.05, 0) is 67.6 Å². The lowest BCUT2D eigenvalue weighted by molar-refractivity contribution is -0.152. The van der Waals surface area contributed by atoms with E-state index in [0.29, 0.717) is 42.3 Å². The monoisotopic (exact) mass is 561 g/mol. The van der Waals surface area contributed by atoms with Crippen LogP contribution >= 0.6 is 11.7 Å². The van der Waals surface area contributed by atoms with Gasteiger partial charge in [0.1, 0.15) is 11.7 Å². The number of esters is 1. The number of ether oxygens (including phenoxy) is 3. The summed E-state index contributed by atoms with van der Waals surface area (Å²) in [5.41, 5.74) is 2.81. The molecule has 2 heterocycles. The molecule has 3 aromatic rings. The number of benzene rings is 2. The van der Waals surface area contributed by atoms with E-state index in [9.17, 15) is 9.59 Å². The highest BCUT2D eigenvalue weighted by Crippen LogP contribution is 2.42. The van der Waals surface area contributed by atoms with Crippen molar-refractivity contribution in [1.29, 1.82) is 0 Å². The maximum Gasteiger partial charge on any atom is 0.410 e. The molecule has 8 nitrogen and oxygen atoms in total. The molecule has 1 aliphatic carbocycles. The van der Waals surface area contributed by atoms with E-state index < -0.39 is 12.1 Å². The molecule has 0 N–H and O–H groups in total. The summed E-state index contributed by atoms with van der Waals surface area (Å²) < 4.78 is 25.7. The lowest BCUT2D eigenvalue weighted by Crippen LogP contribution is -2.54. The molecule has 2 fully saturated rings. The van der Waals surface area contributed by atoms with Gasteiger partial charge >= 0.3 is 12.1 Å². The number of hydrogen-bond acceptors (Lipinski definition) is 8. The predicted molar refractivity (Wildman–Crippen MR) is 153 cm³/mol. The van der Waals surface area contributed by atoms with E-state index in [2.05, 4.69) is 39.1 Å². The van der Waals surface area contributed by atoms with Crippen LogP contribution in [0.2, 0.25) is 0 Å². The Morgan fingerprint density at radius 3 is 2.35 bits per heavy atom. The Morgan fingerprint density at radius 1 is 1.00 bits per heavy atom. The van der Waals surface area contributed by atoms with Gasteiger partial charge in [-0.3, -0.25) is 4.90 Å². The third kappa shape index (κ3) is 6.36. The second-order valence-electron chi connectivity index (χ2n) is 10.4. The lowest BCUT2D eigenvalue weighted by Gasteiger charge is -2.45. The van der Waals surface area contributed by atoms with Crippen LogP contribution in [-0.4, -0.2) is 52.0 Å². The third-order valence-electron chi connectivity index (χ3n) is 7.92. The van der Waals surface area contributed by atoms with Crippen molar-refractivity contribution < 1.29 is 23.8 Å². The van der Waals surface area contributed by atoms with E-state index in [4.69, 9.17) is 14.2 Å². The lowest BCUT2D eigenvalue weighted by atomic mass is 9.69. The highest BCUT2D eigenvalue weighted by molar-refractivity contribution is 6.99. The highest BCUT2D eigenvalue weighted by Gasteiger charge is 2.44. The van der Waals surface area contributed by atoms with Crippen LogP contribution in [0.4, 0.5) is 4.79 Å². The maximum absolute atomic E-state index is 12.7. The SMILES string of the molecule is CCOC(=O)C1CC2CC(/C=C/c3nsnc3OC(c3ccccc3)c3ccccc3)CCC2CN1C(=O)OC. The standard InChI is InChI=1S/C31H35N3O5S/c1-3-38-30(35)27-19-25-18-21(14-16-24(25)20-34(27)31(36)37-2)15-17-26-29(33-40-32-26)39-28(22-10-6-4-7-11-22)23-12-8-5-9-13-23/h4-13,15,17,21,24-25,27-28H,3,14,16,18-20H2,1-2H3/b17-15+.